The molecule has 1 aromatic rings. The summed E-state index contributed by atoms with van der Waals surface area (Å²) in [7, 11) is 0. The summed E-state index contributed by atoms with van der Waals surface area (Å²) in [6.07, 6.45) is 3.99. The highest BCUT2D eigenvalue weighted by Crippen LogP contribution is 2.43. The summed E-state index contributed by atoms with van der Waals surface area (Å²) in [6, 6.07) is 6.38. The Morgan fingerprint density at radius 2 is 1.96 bits per heavy atom. The van der Waals surface area contributed by atoms with Gasteiger partial charge in [0.05, 0.1) is 6.61 Å². The van der Waals surface area contributed by atoms with Crippen molar-refractivity contribution in [3.63, 3.8) is 0 Å². The number of piperazine rings is 1. The van der Waals surface area contributed by atoms with E-state index in [1.807, 2.05) is 13.0 Å². The van der Waals surface area contributed by atoms with Crippen molar-refractivity contribution in [3.8, 4) is 11.5 Å². The van der Waals surface area contributed by atoms with Gasteiger partial charge in [0.2, 0.25) is 0 Å². The van der Waals surface area contributed by atoms with E-state index < -0.39 is 0 Å². The smallest absolute Gasteiger partial charge is 0.161 e. The minimum Gasteiger partial charge on any atom is -0.504 e. The standard InChI is InChI=1S/C17H26N2O2.2ClH/c1-2-21-16-12-14(6-7-15(16)20)17(13-4-3-5-13)19-10-8-18-9-11-19;;/h6-7,12-13,17-18,20H,2-5,8-11H2,1H3;2*1H/t17-;;/m0../s1. The van der Waals surface area contributed by atoms with Gasteiger partial charge in [-0.15, -0.1) is 24.8 Å². The highest BCUT2D eigenvalue weighted by molar-refractivity contribution is 5.85. The molecule has 1 aliphatic heterocycles. The Bertz CT molecular complexity index is 478. The second-order valence-corrected chi connectivity index (χ2v) is 6.08. The first-order valence-electron chi connectivity index (χ1n) is 8.20. The molecule has 1 aromatic carbocycles. The number of hydrogen-bond donors (Lipinski definition) is 2. The van der Waals surface area contributed by atoms with Crippen LogP contribution in [0.4, 0.5) is 0 Å². The highest BCUT2D eigenvalue weighted by atomic mass is 35.5. The van der Waals surface area contributed by atoms with Crippen molar-refractivity contribution in [1.82, 2.24) is 10.2 Å². The number of phenols is 1. The summed E-state index contributed by atoms with van der Waals surface area (Å²) in [5.74, 6) is 1.62. The van der Waals surface area contributed by atoms with E-state index in [9.17, 15) is 5.11 Å². The maximum atomic E-state index is 9.92. The molecule has 0 spiro atoms. The van der Waals surface area contributed by atoms with E-state index in [-0.39, 0.29) is 30.6 Å². The van der Waals surface area contributed by atoms with Crippen molar-refractivity contribution in [3.05, 3.63) is 23.8 Å². The lowest BCUT2D eigenvalue weighted by molar-refractivity contribution is 0.0834. The van der Waals surface area contributed by atoms with Crippen molar-refractivity contribution in [2.24, 2.45) is 5.92 Å². The molecular formula is C17H28Cl2N2O2. The lowest BCUT2D eigenvalue weighted by atomic mass is 9.76. The van der Waals surface area contributed by atoms with E-state index in [4.69, 9.17) is 4.74 Å². The molecule has 0 unspecified atom stereocenters. The number of phenolic OH excluding ortho intramolecular Hbond substituents is 1. The Labute approximate surface area is 151 Å². The Morgan fingerprint density at radius 1 is 1.26 bits per heavy atom. The van der Waals surface area contributed by atoms with Crippen LogP contribution in [0.5, 0.6) is 11.5 Å². The third kappa shape index (κ3) is 4.66. The van der Waals surface area contributed by atoms with Gasteiger partial charge in [-0.2, -0.15) is 0 Å². The SMILES string of the molecule is CCOc1cc([C@H](C2CCC2)N2CCNCC2)ccc1O.Cl.Cl. The number of aromatic hydroxyl groups is 1. The maximum Gasteiger partial charge on any atom is 0.161 e. The molecule has 6 heteroatoms. The van der Waals surface area contributed by atoms with Crippen LogP contribution in [0.1, 0.15) is 37.8 Å². The molecule has 1 saturated heterocycles. The quantitative estimate of drug-likeness (QED) is 0.842. The molecule has 0 amide bonds. The zero-order valence-electron chi connectivity index (χ0n) is 13.7. The second kappa shape index (κ2) is 9.58. The van der Waals surface area contributed by atoms with E-state index in [1.54, 1.807) is 6.07 Å². The maximum absolute atomic E-state index is 9.92. The molecule has 23 heavy (non-hydrogen) atoms. The summed E-state index contributed by atoms with van der Waals surface area (Å²) in [5.41, 5.74) is 1.29. The minimum atomic E-state index is 0. The van der Waals surface area contributed by atoms with Crippen molar-refractivity contribution < 1.29 is 9.84 Å². The number of halogens is 2. The second-order valence-electron chi connectivity index (χ2n) is 6.08. The first-order chi connectivity index (χ1) is 10.3. The number of benzene rings is 1. The predicted octanol–water partition coefficient (Wildman–Crippen LogP) is 3.38. The van der Waals surface area contributed by atoms with E-state index in [1.165, 1.54) is 24.8 Å². The van der Waals surface area contributed by atoms with Crippen LogP contribution >= 0.6 is 24.8 Å². The molecule has 2 fully saturated rings. The first-order valence-corrected chi connectivity index (χ1v) is 8.20. The summed E-state index contributed by atoms with van der Waals surface area (Å²) in [4.78, 5) is 2.60. The van der Waals surface area contributed by atoms with Gasteiger partial charge in [-0.05, 0) is 43.4 Å². The van der Waals surface area contributed by atoms with Gasteiger partial charge in [-0.1, -0.05) is 12.5 Å². The molecule has 4 nitrogen and oxygen atoms in total. The lowest BCUT2D eigenvalue weighted by Crippen LogP contribution is -2.47. The van der Waals surface area contributed by atoms with Gasteiger partial charge in [0.15, 0.2) is 11.5 Å². The Morgan fingerprint density at radius 3 is 2.52 bits per heavy atom. The molecule has 3 rings (SSSR count). The van der Waals surface area contributed by atoms with Crippen molar-refractivity contribution in [1.29, 1.82) is 0 Å². The molecule has 1 atom stereocenters. The zero-order valence-corrected chi connectivity index (χ0v) is 15.3. The summed E-state index contributed by atoms with van der Waals surface area (Å²) in [6.45, 7) is 6.88. The topological polar surface area (TPSA) is 44.7 Å². The normalized spacial score (nSPS) is 19.9. The molecule has 0 bridgehead atoms. The van der Waals surface area contributed by atoms with E-state index >= 15 is 0 Å². The predicted molar refractivity (Wildman–Crippen MR) is 98.3 cm³/mol. The number of nitrogens with zero attached hydrogens (tertiary/aromatic N) is 1. The number of rotatable bonds is 5. The fourth-order valence-electron chi connectivity index (χ4n) is 3.48. The van der Waals surface area contributed by atoms with Crippen molar-refractivity contribution >= 4 is 24.8 Å². The third-order valence-corrected chi connectivity index (χ3v) is 4.77. The molecule has 0 radical (unpaired) electrons. The average Bonchev–Trinajstić information content (AvgIpc) is 2.46. The van der Waals surface area contributed by atoms with Gasteiger partial charge in [0, 0.05) is 32.2 Å². The Hall–Kier alpha value is -0.680. The lowest BCUT2D eigenvalue weighted by Gasteiger charge is -2.43. The van der Waals surface area contributed by atoms with E-state index in [2.05, 4.69) is 16.3 Å². The molecule has 1 heterocycles. The molecule has 132 valence electrons. The monoisotopic (exact) mass is 362 g/mol. The minimum absolute atomic E-state index is 0. The number of ether oxygens (including phenoxy) is 1. The van der Waals surface area contributed by atoms with Gasteiger partial charge in [0.25, 0.3) is 0 Å². The number of nitrogens with one attached hydrogen (secondary N) is 1. The highest BCUT2D eigenvalue weighted by Gasteiger charge is 2.33. The van der Waals surface area contributed by atoms with Crippen molar-refractivity contribution in [2.45, 2.75) is 32.2 Å². The third-order valence-electron chi connectivity index (χ3n) is 4.77. The van der Waals surface area contributed by atoms with Crippen molar-refractivity contribution in [2.75, 3.05) is 32.8 Å². The molecular weight excluding hydrogens is 335 g/mol. The molecule has 1 saturated carbocycles. The summed E-state index contributed by atoms with van der Waals surface area (Å²) in [5, 5.41) is 13.3. The van der Waals surface area contributed by atoms with Gasteiger partial charge in [0.1, 0.15) is 0 Å². The molecule has 2 N–H and O–H groups in total. The Kier molecular flexibility index (Phi) is 8.48. The van der Waals surface area contributed by atoms with E-state index in [0.717, 1.165) is 32.1 Å². The van der Waals surface area contributed by atoms with Crippen LogP contribution < -0.4 is 10.1 Å². The Balaban J connectivity index is 0.00000132. The summed E-state index contributed by atoms with van der Waals surface area (Å²) >= 11 is 0. The molecule has 1 aliphatic carbocycles. The van der Waals surface area contributed by atoms with E-state index in [0.29, 0.717) is 18.4 Å². The van der Waals surface area contributed by atoms with Crippen LogP contribution in [0.25, 0.3) is 0 Å². The van der Waals surface area contributed by atoms with Crippen LogP contribution in [0, 0.1) is 5.92 Å². The fraction of sp³-hybridized carbons (Fsp3) is 0.647. The molecule has 0 aromatic heterocycles. The van der Waals surface area contributed by atoms with Gasteiger partial charge in [-0.25, -0.2) is 0 Å². The average molecular weight is 363 g/mol. The van der Waals surface area contributed by atoms with Crippen LogP contribution in [0.3, 0.4) is 0 Å². The first kappa shape index (κ1) is 20.4. The molecule has 2 aliphatic rings. The van der Waals surface area contributed by atoms with Gasteiger partial charge >= 0.3 is 0 Å². The largest absolute Gasteiger partial charge is 0.504 e. The van der Waals surface area contributed by atoms with Crippen LogP contribution in [-0.4, -0.2) is 42.8 Å². The summed E-state index contributed by atoms with van der Waals surface area (Å²) < 4.78 is 5.57. The zero-order chi connectivity index (χ0) is 14.7. The van der Waals surface area contributed by atoms with Crippen LogP contribution in [0.2, 0.25) is 0 Å². The number of hydrogen-bond acceptors (Lipinski definition) is 4. The van der Waals surface area contributed by atoms with Crippen LogP contribution in [0.15, 0.2) is 18.2 Å². The van der Waals surface area contributed by atoms with Gasteiger partial charge in [-0.3, -0.25) is 4.90 Å². The fourth-order valence-corrected chi connectivity index (χ4v) is 3.48. The van der Waals surface area contributed by atoms with Gasteiger partial charge < -0.3 is 15.2 Å². The van der Waals surface area contributed by atoms with Crippen LogP contribution in [-0.2, 0) is 0 Å².